The van der Waals surface area contributed by atoms with Gasteiger partial charge in [-0.2, -0.15) is 0 Å². The minimum absolute atomic E-state index is 0.0155. The van der Waals surface area contributed by atoms with Crippen molar-refractivity contribution in [1.29, 1.82) is 0 Å². The molecule has 1 atom stereocenters. The summed E-state index contributed by atoms with van der Waals surface area (Å²) in [5, 5.41) is 3.59. The molecule has 4 rings (SSSR count). The van der Waals surface area contributed by atoms with E-state index in [0.29, 0.717) is 42.9 Å². The lowest BCUT2D eigenvalue weighted by atomic mass is 9.99. The van der Waals surface area contributed by atoms with Crippen LogP contribution in [0.3, 0.4) is 0 Å². The highest BCUT2D eigenvalue weighted by atomic mass is 35.5. The van der Waals surface area contributed by atoms with Crippen LogP contribution in [0.2, 0.25) is 5.02 Å². The highest BCUT2D eigenvalue weighted by molar-refractivity contribution is 6.30. The molecule has 7 heteroatoms. The number of rotatable bonds is 4. The smallest absolute Gasteiger partial charge is 0.223 e. The summed E-state index contributed by atoms with van der Waals surface area (Å²) >= 11 is 6.10. The van der Waals surface area contributed by atoms with Crippen LogP contribution in [0, 0.1) is 5.92 Å². The van der Waals surface area contributed by atoms with E-state index in [1.165, 1.54) is 0 Å². The largest absolute Gasteiger partial charge is 0.486 e. The Balaban J connectivity index is 1.45. The highest BCUT2D eigenvalue weighted by Gasteiger charge is 2.27. The number of nitrogens with zero attached hydrogens (tertiary/aromatic N) is 1. The molecule has 1 amide bonds. The summed E-state index contributed by atoms with van der Waals surface area (Å²) in [5.74, 6) is 1.37. The molecular weight excluding hydrogens is 368 g/mol. The monoisotopic (exact) mass is 388 g/mol. The number of hydrogen-bond acceptors (Lipinski definition) is 5. The highest BCUT2D eigenvalue weighted by Crippen LogP contribution is 2.40. The Morgan fingerprint density at radius 2 is 2.11 bits per heavy atom. The van der Waals surface area contributed by atoms with Gasteiger partial charge in [-0.1, -0.05) is 17.7 Å². The van der Waals surface area contributed by atoms with E-state index in [-0.39, 0.29) is 17.9 Å². The zero-order valence-corrected chi connectivity index (χ0v) is 15.6. The molecule has 0 saturated carbocycles. The van der Waals surface area contributed by atoms with Crippen molar-refractivity contribution in [3.05, 3.63) is 41.6 Å². The number of hydrogen-bond donors (Lipinski definition) is 1. The van der Waals surface area contributed by atoms with E-state index in [9.17, 15) is 4.79 Å². The van der Waals surface area contributed by atoms with E-state index in [0.717, 1.165) is 24.1 Å². The standard InChI is InChI=1S/C20H21ClN2O4/c21-14-4-7-22-17(10-14)16-2-1-3-18-19(16)27-15(12-26-18)11-23-20(24)13-5-8-25-9-6-13/h1-4,7,10,13,15H,5-6,8-9,11-12H2,(H,23,24). The molecule has 0 aliphatic carbocycles. The minimum atomic E-state index is -0.262. The SMILES string of the molecule is O=C(NCC1COc2cccc(-c3cc(Cl)ccn3)c2O1)C1CCOCC1. The third-order valence-electron chi connectivity index (χ3n) is 4.78. The molecule has 3 heterocycles. The number of ether oxygens (including phenoxy) is 3. The number of nitrogens with one attached hydrogen (secondary N) is 1. The predicted molar refractivity (Wildman–Crippen MR) is 101 cm³/mol. The van der Waals surface area contributed by atoms with Crippen LogP contribution in [0.5, 0.6) is 11.5 Å². The Morgan fingerprint density at radius 1 is 1.26 bits per heavy atom. The van der Waals surface area contributed by atoms with Crippen LogP contribution < -0.4 is 14.8 Å². The van der Waals surface area contributed by atoms with Crippen molar-refractivity contribution in [3.8, 4) is 22.8 Å². The van der Waals surface area contributed by atoms with Gasteiger partial charge < -0.3 is 19.5 Å². The Bertz CT molecular complexity index is 823. The maximum atomic E-state index is 12.3. The van der Waals surface area contributed by atoms with Crippen molar-refractivity contribution in [2.24, 2.45) is 5.92 Å². The normalized spacial score (nSPS) is 19.5. The van der Waals surface area contributed by atoms with Gasteiger partial charge in [0.05, 0.1) is 12.2 Å². The van der Waals surface area contributed by atoms with Crippen LogP contribution in [0.1, 0.15) is 12.8 Å². The van der Waals surface area contributed by atoms with Crippen molar-refractivity contribution in [2.75, 3.05) is 26.4 Å². The molecule has 2 aromatic rings. The number of carbonyl (C=O) groups is 1. The van der Waals surface area contributed by atoms with Gasteiger partial charge in [-0.25, -0.2) is 0 Å². The average molecular weight is 389 g/mol. The first kappa shape index (κ1) is 18.1. The first-order valence-corrected chi connectivity index (χ1v) is 9.48. The number of halogens is 1. The molecule has 1 unspecified atom stereocenters. The minimum Gasteiger partial charge on any atom is -0.486 e. The van der Waals surface area contributed by atoms with Crippen LogP contribution in [0.25, 0.3) is 11.3 Å². The zero-order valence-electron chi connectivity index (χ0n) is 14.8. The molecule has 6 nitrogen and oxygen atoms in total. The number of benzene rings is 1. The molecule has 1 aromatic heterocycles. The fourth-order valence-corrected chi connectivity index (χ4v) is 3.47. The molecule has 2 aliphatic rings. The summed E-state index contributed by atoms with van der Waals surface area (Å²) in [7, 11) is 0. The second-order valence-corrected chi connectivity index (χ2v) is 7.11. The summed E-state index contributed by atoms with van der Waals surface area (Å²) in [4.78, 5) is 16.7. The third kappa shape index (κ3) is 4.17. The lowest BCUT2D eigenvalue weighted by Crippen LogP contribution is -2.43. The van der Waals surface area contributed by atoms with Crippen molar-refractivity contribution < 1.29 is 19.0 Å². The molecule has 0 radical (unpaired) electrons. The molecule has 1 aromatic carbocycles. The number of aromatic nitrogens is 1. The van der Waals surface area contributed by atoms with Gasteiger partial charge in [0.2, 0.25) is 5.91 Å². The van der Waals surface area contributed by atoms with E-state index in [2.05, 4.69) is 10.3 Å². The summed E-state index contributed by atoms with van der Waals surface area (Å²) in [6, 6.07) is 9.20. The van der Waals surface area contributed by atoms with Crippen molar-refractivity contribution in [3.63, 3.8) is 0 Å². The van der Waals surface area contributed by atoms with E-state index in [1.54, 1.807) is 18.3 Å². The Hall–Kier alpha value is -2.31. The van der Waals surface area contributed by atoms with Crippen molar-refractivity contribution in [2.45, 2.75) is 18.9 Å². The van der Waals surface area contributed by atoms with Gasteiger partial charge in [-0.05, 0) is 37.1 Å². The van der Waals surface area contributed by atoms with Crippen molar-refractivity contribution >= 4 is 17.5 Å². The number of para-hydroxylation sites is 1. The number of fused-ring (bicyclic) bond motifs is 1. The fraction of sp³-hybridized carbons (Fsp3) is 0.400. The molecule has 1 saturated heterocycles. The van der Waals surface area contributed by atoms with E-state index in [4.69, 9.17) is 25.8 Å². The van der Waals surface area contributed by atoms with Crippen LogP contribution in [0.4, 0.5) is 0 Å². The van der Waals surface area contributed by atoms with Gasteiger partial charge in [0, 0.05) is 35.9 Å². The molecule has 1 N–H and O–H groups in total. The number of amides is 1. The van der Waals surface area contributed by atoms with Crippen LogP contribution in [-0.2, 0) is 9.53 Å². The zero-order chi connectivity index (χ0) is 18.6. The van der Waals surface area contributed by atoms with Crippen LogP contribution in [0.15, 0.2) is 36.5 Å². The molecule has 27 heavy (non-hydrogen) atoms. The first-order valence-electron chi connectivity index (χ1n) is 9.10. The second kappa shape index (κ2) is 8.15. The molecule has 142 valence electrons. The fourth-order valence-electron chi connectivity index (χ4n) is 3.31. The Labute approximate surface area is 162 Å². The van der Waals surface area contributed by atoms with Crippen LogP contribution >= 0.6 is 11.6 Å². The summed E-state index contributed by atoms with van der Waals surface area (Å²) < 4.78 is 17.3. The first-order chi connectivity index (χ1) is 13.2. The average Bonchev–Trinajstić information content (AvgIpc) is 2.72. The molecular formula is C20H21ClN2O4. The van der Waals surface area contributed by atoms with Gasteiger partial charge in [0.25, 0.3) is 0 Å². The summed E-state index contributed by atoms with van der Waals surface area (Å²) in [6.07, 6.45) is 2.93. The molecule has 2 aliphatic heterocycles. The van der Waals surface area contributed by atoms with Gasteiger partial charge in [0.1, 0.15) is 12.7 Å². The number of carbonyl (C=O) groups excluding carboxylic acids is 1. The Morgan fingerprint density at radius 3 is 2.93 bits per heavy atom. The van der Waals surface area contributed by atoms with Gasteiger partial charge in [-0.15, -0.1) is 0 Å². The third-order valence-corrected chi connectivity index (χ3v) is 5.02. The topological polar surface area (TPSA) is 69.7 Å². The van der Waals surface area contributed by atoms with E-state index < -0.39 is 0 Å². The van der Waals surface area contributed by atoms with Gasteiger partial charge in [-0.3, -0.25) is 9.78 Å². The number of pyridine rings is 1. The predicted octanol–water partition coefficient (Wildman–Crippen LogP) is 3.08. The van der Waals surface area contributed by atoms with E-state index >= 15 is 0 Å². The van der Waals surface area contributed by atoms with Gasteiger partial charge >= 0.3 is 0 Å². The maximum absolute atomic E-state index is 12.3. The lowest BCUT2D eigenvalue weighted by molar-refractivity contribution is -0.128. The quantitative estimate of drug-likeness (QED) is 0.871. The Kier molecular flexibility index (Phi) is 5.45. The molecule has 0 bridgehead atoms. The van der Waals surface area contributed by atoms with Gasteiger partial charge in [0.15, 0.2) is 11.5 Å². The van der Waals surface area contributed by atoms with Crippen molar-refractivity contribution in [1.82, 2.24) is 10.3 Å². The summed E-state index contributed by atoms with van der Waals surface area (Å²) in [5.41, 5.74) is 1.53. The van der Waals surface area contributed by atoms with E-state index in [1.807, 2.05) is 18.2 Å². The second-order valence-electron chi connectivity index (χ2n) is 6.67. The summed E-state index contributed by atoms with van der Waals surface area (Å²) in [6.45, 7) is 2.06. The van der Waals surface area contributed by atoms with Crippen LogP contribution in [-0.4, -0.2) is 43.4 Å². The lowest BCUT2D eigenvalue weighted by Gasteiger charge is -2.29. The molecule has 1 fully saturated rings. The molecule has 0 spiro atoms. The maximum Gasteiger partial charge on any atom is 0.223 e.